The number of hydrogen-bond acceptors (Lipinski definition) is 2. The van der Waals surface area contributed by atoms with E-state index in [-0.39, 0.29) is 6.61 Å². The quantitative estimate of drug-likeness (QED) is 0.542. The Morgan fingerprint density at radius 2 is 2.12 bits per heavy atom. The van der Waals surface area contributed by atoms with Crippen molar-refractivity contribution in [3.8, 4) is 0 Å². The minimum atomic E-state index is 0.196. The molecule has 0 spiro atoms. The fourth-order valence-electron chi connectivity index (χ4n) is 0.387. The van der Waals surface area contributed by atoms with Crippen LogP contribution >= 0.6 is 0 Å². The topological polar surface area (TPSA) is 23.5 Å². The van der Waals surface area contributed by atoms with Gasteiger partial charge in [-0.2, -0.15) is 0 Å². The third-order valence-electron chi connectivity index (χ3n) is 1.12. The Bertz CT molecular complexity index is 54.5. The number of aliphatic hydroxyl groups is 1. The standard InChI is InChI=1S/C6H14NO/c1-6(2)7(3)4-5-8/h6,8H,3-5H2,1-2H3/q-1. The largest absolute Gasteiger partial charge is 0.455 e. The molecule has 0 bridgehead atoms. The summed E-state index contributed by atoms with van der Waals surface area (Å²) in [7, 11) is 3.70. The molecule has 2 nitrogen and oxygen atoms in total. The van der Waals surface area contributed by atoms with Gasteiger partial charge in [-0.05, 0) is 12.6 Å². The molecule has 1 N–H and O–H groups in total. The Hall–Kier alpha value is -0.0800. The van der Waals surface area contributed by atoms with E-state index in [0.717, 1.165) is 0 Å². The lowest BCUT2D eigenvalue weighted by Gasteiger charge is -2.28. The highest BCUT2D eigenvalue weighted by Gasteiger charge is 1.92. The molecule has 0 aliphatic heterocycles. The zero-order valence-corrected chi connectivity index (χ0v) is 5.59. The molecule has 0 unspecified atom stereocenters. The van der Waals surface area contributed by atoms with Crippen molar-refractivity contribution in [2.45, 2.75) is 19.9 Å². The Labute approximate surface area is 51.1 Å². The van der Waals surface area contributed by atoms with E-state index in [1.807, 2.05) is 18.7 Å². The van der Waals surface area contributed by atoms with E-state index in [1.165, 1.54) is 0 Å². The van der Waals surface area contributed by atoms with Crippen molar-refractivity contribution in [3.63, 3.8) is 0 Å². The first-order valence-electron chi connectivity index (χ1n) is 2.86. The summed E-state index contributed by atoms with van der Waals surface area (Å²) in [6, 6.07) is 0.433. The predicted octanol–water partition coefficient (Wildman–Crippen LogP) is 0.481. The number of aliphatic hydroxyl groups excluding tert-OH is 1. The van der Waals surface area contributed by atoms with Crippen LogP contribution in [0.4, 0.5) is 0 Å². The third kappa shape index (κ3) is 2.99. The van der Waals surface area contributed by atoms with Gasteiger partial charge < -0.3 is 10.0 Å². The summed E-state index contributed by atoms with van der Waals surface area (Å²) in [4.78, 5) is 1.85. The summed E-state index contributed by atoms with van der Waals surface area (Å²) in [5, 5.41) is 8.40. The molecule has 0 saturated carbocycles. The second-order valence-electron chi connectivity index (χ2n) is 2.13. The van der Waals surface area contributed by atoms with Crippen LogP contribution in [0.3, 0.4) is 0 Å². The van der Waals surface area contributed by atoms with Gasteiger partial charge in [0.15, 0.2) is 0 Å². The smallest absolute Gasteiger partial charge is 0.0534 e. The zero-order valence-electron chi connectivity index (χ0n) is 5.59. The maximum atomic E-state index is 8.40. The fourth-order valence-corrected chi connectivity index (χ4v) is 0.387. The van der Waals surface area contributed by atoms with Crippen molar-refractivity contribution in [2.24, 2.45) is 0 Å². The first-order valence-corrected chi connectivity index (χ1v) is 2.86. The second-order valence-corrected chi connectivity index (χ2v) is 2.13. The lowest BCUT2D eigenvalue weighted by molar-refractivity contribution is 0.211. The SMILES string of the molecule is [CH2-]N(CCO)C(C)C. The maximum Gasteiger partial charge on any atom is 0.0534 e. The molecule has 0 rings (SSSR count). The van der Waals surface area contributed by atoms with Crippen molar-refractivity contribution in [2.75, 3.05) is 13.2 Å². The van der Waals surface area contributed by atoms with Crippen LogP contribution in [-0.2, 0) is 0 Å². The first kappa shape index (κ1) is 7.92. The van der Waals surface area contributed by atoms with Gasteiger partial charge in [0.2, 0.25) is 0 Å². The Morgan fingerprint density at radius 1 is 1.62 bits per heavy atom. The van der Waals surface area contributed by atoms with Gasteiger partial charge in [0.1, 0.15) is 0 Å². The van der Waals surface area contributed by atoms with Gasteiger partial charge in [-0.15, -0.1) is 0 Å². The molecule has 0 radical (unpaired) electrons. The van der Waals surface area contributed by atoms with E-state index >= 15 is 0 Å². The van der Waals surface area contributed by atoms with Gasteiger partial charge in [-0.25, -0.2) is 0 Å². The van der Waals surface area contributed by atoms with Crippen molar-refractivity contribution >= 4 is 0 Å². The Kier molecular flexibility index (Phi) is 3.83. The molecule has 0 fully saturated rings. The van der Waals surface area contributed by atoms with Crippen LogP contribution in [0.1, 0.15) is 13.8 Å². The fraction of sp³-hybridized carbons (Fsp3) is 0.833. The molecule has 0 amide bonds. The van der Waals surface area contributed by atoms with E-state index in [9.17, 15) is 0 Å². The van der Waals surface area contributed by atoms with Crippen LogP contribution in [-0.4, -0.2) is 29.2 Å². The minimum absolute atomic E-state index is 0.196. The van der Waals surface area contributed by atoms with Gasteiger partial charge >= 0.3 is 0 Å². The molecule has 2 heteroatoms. The van der Waals surface area contributed by atoms with E-state index in [4.69, 9.17) is 5.11 Å². The molecule has 0 aromatic rings. The van der Waals surface area contributed by atoms with Crippen molar-refractivity contribution < 1.29 is 5.11 Å². The molecule has 0 aromatic carbocycles. The van der Waals surface area contributed by atoms with Crippen molar-refractivity contribution in [3.05, 3.63) is 7.05 Å². The number of nitrogens with zero attached hydrogens (tertiary/aromatic N) is 1. The van der Waals surface area contributed by atoms with Crippen molar-refractivity contribution in [1.29, 1.82) is 0 Å². The molecule has 0 heterocycles. The van der Waals surface area contributed by atoms with Crippen LogP contribution in [0.25, 0.3) is 0 Å². The first-order chi connectivity index (χ1) is 3.68. The summed E-state index contributed by atoms with van der Waals surface area (Å²) in [6.07, 6.45) is 0. The van der Waals surface area contributed by atoms with Crippen LogP contribution in [0.5, 0.6) is 0 Å². The van der Waals surface area contributed by atoms with E-state index in [2.05, 4.69) is 7.05 Å². The summed E-state index contributed by atoms with van der Waals surface area (Å²) < 4.78 is 0. The molecular formula is C6H14NO-. The van der Waals surface area contributed by atoms with Crippen LogP contribution in [0.2, 0.25) is 0 Å². The van der Waals surface area contributed by atoms with Gasteiger partial charge in [-0.3, -0.25) is 7.05 Å². The molecule has 0 atom stereocenters. The molecule has 8 heavy (non-hydrogen) atoms. The van der Waals surface area contributed by atoms with Gasteiger partial charge in [0, 0.05) is 0 Å². The minimum Gasteiger partial charge on any atom is -0.455 e. The van der Waals surface area contributed by atoms with Gasteiger partial charge in [-0.1, -0.05) is 13.8 Å². The molecule has 0 aromatic heterocycles. The maximum absolute atomic E-state index is 8.40. The van der Waals surface area contributed by atoms with Crippen LogP contribution in [0.15, 0.2) is 0 Å². The predicted molar refractivity (Wildman–Crippen MR) is 34.3 cm³/mol. The normalized spacial score (nSPS) is 11.2. The summed E-state index contributed by atoms with van der Waals surface area (Å²) in [5.74, 6) is 0. The molecule has 0 saturated heterocycles. The van der Waals surface area contributed by atoms with Gasteiger partial charge in [0.05, 0.1) is 6.61 Å². The van der Waals surface area contributed by atoms with Crippen LogP contribution in [0, 0.1) is 7.05 Å². The van der Waals surface area contributed by atoms with E-state index < -0.39 is 0 Å². The lowest BCUT2D eigenvalue weighted by atomic mass is 10.3. The average molecular weight is 116 g/mol. The Balaban J connectivity index is 3.17. The van der Waals surface area contributed by atoms with Crippen molar-refractivity contribution in [1.82, 2.24) is 4.90 Å². The van der Waals surface area contributed by atoms with Gasteiger partial charge in [0.25, 0.3) is 0 Å². The Morgan fingerprint density at radius 3 is 2.25 bits per heavy atom. The van der Waals surface area contributed by atoms with E-state index in [1.54, 1.807) is 0 Å². The molecule has 50 valence electrons. The number of hydrogen-bond donors (Lipinski definition) is 1. The summed E-state index contributed by atoms with van der Waals surface area (Å²) >= 11 is 0. The highest BCUT2D eigenvalue weighted by atomic mass is 16.3. The summed E-state index contributed by atoms with van der Waals surface area (Å²) in [5.41, 5.74) is 0. The summed E-state index contributed by atoms with van der Waals surface area (Å²) in [6.45, 7) is 4.95. The van der Waals surface area contributed by atoms with Crippen LogP contribution < -0.4 is 0 Å². The number of rotatable bonds is 3. The second kappa shape index (κ2) is 3.87. The lowest BCUT2D eigenvalue weighted by Crippen LogP contribution is -2.26. The molecule has 0 aliphatic rings. The zero-order chi connectivity index (χ0) is 6.57. The third-order valence-corrected chi connectivity index (χ3v) is 1.12. The molecular weight excluding hydrogens is 102 g/mol. The van der Waals surface area contributed by atoms with E-state index in [0.29, 0.717) is 12.6 Å². The average Bonchev–Trinajstić information content (AvgIpc) is 1.67. The highest BCUT2D eigenvalue weighted by molar-refractivity contribution is 4.58. The monoisotopic (exact) mass is 116 g/mol. The molecule has 0 aliphatic carbocycles. The highest BCUT2D eigenvalue weighted by Crippen LogP contribution is 1.91.